The second-order valence-corrected chi connectivity index (χ2v) is 6.33. The van der Waals surface area contributed by atoms with Crippen molar-refractivity contribution >= 4 is 34.8 Å². The van der Waals surface area contributed by atoms with Gasteiger partial charge in [0.05, 0.1) is 16.3 Å². The van der Waals surface area contributed by atoms with Crippen molar-refractivity contribution in [2.75, 3.05) is 23.4 Å². The summed E-state index contributed by atoms with van der Waals surface area (Å²) in [5.41, 5.74) is 0.794. The van der Waals surface area contributed by atoms with E-state index in [0.29, 0.717) is 23.7 Å². The number of nitrogens with one attached hydrogen (secondary N) is 1. The zero-order chi connectivity index (χ0) is 18.7. The molecule has 1 aliphatic rings. The van der Waals surface area contributed by atoms with Crippen LogP contribution < -0.4 is 15.0 Å². The molecule has 1 heterocycles. The second kappa shape index (κ2) is 7.74. The van der Waals surface area contributed by atoms with E-state index in [2.05, 4.69) is 5.32 Å². The van der Waals surface area contributed by atoms with E-state index in [9.17, 15) is 14.0 Å². The predicted octanol–water partition coefficient (Wildman–Crippen LogP) is 4.26. The Morgan fingerprint density at radius 3 is 2.88 bits per heavy atom. The minimum atomic E-state index is -0.698. The Morgan fingerprint density at radius 2 is 2.15 bits per heavy atom. The molecule has 136 valence electrons. The molecular formula is C19H18ClFN2O3. The number of halogens is 2. The molecule has 1 N–H and O–H groups in total. The summed E-state index contributed by atoms with van der Waals surface area (Å²) in [7, 11) is 0. The van der Waals surface area contributed by atoms with Crippen molar-refractivity contribution < 1.29 is 18.7 Å². The summed E-state index contributed by atoms with van der Waals surface area (Å²) in [6, 6.07) is 9.02. The van der Waals surface area contributed by atoms with Gasteiger partial charge in [-0.1, -0.05) is 31.0 Å². The molecular weight excluding hydrogens is 359 g/mol. The van der Waals surface area contributed by atoms with Gasteiger partial charge in [0.1, 0.15) is 11.6 Å². The molecule has 3 rings (SSSR count). The molecule has 0 fully saturated rings. The van der Waals surface area contributed by atoms with Gasteiger partial charge in [-0.3, -0.25) is 9.59 Å². The van der Waals surface area contributed by atoms with Gasteiger partial charge in [0.2, 0.25) is 0 Å². The Morgan fingerprint density at radius 1 is 1.35 bits per heavy atom. The van der Waals surface area contributed by atoms with E-state index in [4.69, 9.17) is 16.3 Å². The number of fused-ring (bicyclic) bond motifs is 1. The lowest BCUT2D eigenvalue weighted by molar-refractivity contribution is -0.121. The van der Waals surface area contributed by atoms with Crippen LogP contribution in [-0.4, -0.2) is 25.0 Å². The largest absolute Gasteiger partial charge is 0.482 e. The van der Waals surface area contributed by atoms with Crippen molar-refractivity contribution in [3.05, 3.63) is 52.8 Å². The second-order valence-electron chi connectivity index (χ2n) is 5.92. The molecule has 0 saturated heterocycles. The van der Waals surface area contributed by atoms with Crippen LogP contribution in [0.1, 0.15) is 30.1 Å². The molecule has 0 aliphatic carbocycles. The van der Waals surface area contributed by atoms with Gasteiger partial charge >= 0.3 is 0 Å². The van der Waals surface area contributed by atoms with Crippen molar-refractivity contribution in [1.29, 1.82) is 0 Å². The van der Waals surface area contributed by atoms with Crippen molar-refractivity contribution in [2.24, 2.45) is 0 Å². The number of rotatable bonds is 5. The molecule has 0 unspecified atom stereocenters. The first kappa shape index (κ1) is 18.2. The Balaban J connectivity index is 1.87. The van der Waals surface area contributed by atoms with Gasteiger partial charge in [-0.2, -0.15) is 0 Å². The standard InChI is InChI=1S/C19H18ClFN2O3/c1-2-3-9-23-15-10-12(7-8-16(15)26-11-17(23)24)22-19(25)18-13(20)5-4-6-14(18)21/h4-8,10H,2-3,9,11H2,1H3,(H,22,25). The number of amides is 2. The first-order chi connectivity index (χ1) is 12.5. The fraction of sp³-hybridized carbons (Fsp3) is 0.263. The average molecular weight is 377 g/mol. The van der Waals surface area contributed by atoms with Gasteiger partial charge in [-0.25, -0.2) is 4.39 Å². The third kappa shape index (κ3) is 3.65. The first-order valence-electron chi connectivity index (χ1n) is 8.34. The van der Waals surface area contributed by atoms with Crippen molar-refractivity contribution in [1.82, 2.24) is 0 Å². The lowest BCUT2D eigenvalue weighted by Crippen LogP contribution is -2.39. The van der Waals surface area contributed by atoms with Gasteiger partial charge in [-0.15, -0.1) is 0 Å². The number of unbranched alkanes of at least 4 members (excludes halogenated alkanes) is 1. The Labute approximate surface area is 155 Å². The summed E-state index contributed by atoms with van der Waals surface area (Å²) in [4.78, 5) is 26.2. The molecule has 26 heavy (non-hydrogen) atoms. The van der Waals surface area contributed by atoms with Crippen molar-refractivity contribution in [3.8, 4) is 5.75 Å². The smallest absolute Gasteiger partial charge is 0.265 e. The average Bonchev–Trinajstić information content (AvgIpc) is 2.61. The fourth-order valence-corrected chi connectivity index (χ4v) is 3.00. The number of carbonyl (C=O) groups excluding carboxylic acids is 2. The third-order valence-electron chi connectivity index (χ3n) is 4.08. The molecule has 0 atom stereocenters. The SMILES string of the molecule is CCCCN1C(=O)COc2ccc(NC(=O)c3c(F)cccc3Cl)cc21. The molecule has 0 aromatic heterocycles. The van der Waals surface area contributed by atoms with E-state index in [1.165, 1.54) is 18.2 Å². The molecule has 0 spiro atoms. The maximum absolute atomic E-state index is 13.9. The molecule has 0 bridgehead atoms. The molecule has 0 radical (unpaired) electrons. The summed E-state index contributed by atoms with van der Waals surface area (Å²) >= 11 is 5.93. The van der Waals surface area contributed by atoms with E-state index in [1.807, 2.05) is 6.92 Å². The zero-order valence-corrected chi connectivity index (χ0v) is 15.0. The molecule has 2 amide bonds. The zero-order valence-electron chi connectivity index (χ0n) is 14.2. The highest BCUT2D eigenvalue weighted by atomic mass is 35.5. The van der Waals surface area contributed by atoms with E-state index in [-0.39, 0.29) is 23.1 Å². The monoisotopic (exact) mass is 376 g/mol. The van der Waals surface area contributed by atoms with Crippen LogP contribution in [0.3, 0.4) is 0 Å². The molecule has 0 saturated carbocycles. The number of ether oxygens (including phenoxy) is 1. The van der Waals surface area contributed by atoms with Crippen LogP contribution in [-0.2, 0) is 4.79 Å². The Bertz CT molecular complexity index is 836. The lowest BCUT2D eigenvalue weighted by atomic mass is 10.1. The van der Waals surface area contributed by atoms with E-state index in [0.717, 1.165) is 12.8 Å². The molecule has 5 nitrogen and oxygen atoms in total. The number of anilines is 2. The lowest BCUT2D eigenvalue weighted by Gasteiger charge is -2.29. The van der Waals surface area contributed by atoms with Crippen LogP contribution in [0.5, 0.6) is 5.75 Å². The van der Waals surface area contributed by atoms with Crippen molar-refractivity contribution in [3.63, 3.8) is 0 Å². The number of nitrogens with zero attached hydrogens (tertiary/aromatic N) is 1. The third-order valence-corrected chi connectivity index (χ3v) is 4.40. The molecule has 7 heteroatoms. The van der Waals surface area contributed by atoms with Gasteiger partial charge in [-0.05, 0) is 36.8 Å². The number of hydrogen-bond acceptors (Lipinski definition) is 3. The van der Waals surface area contributed by atoms with E-state index >= 15 is 0 Å². The van der Waals surface area contributed by atoms with Crippen LogP contribution in [0.25, 0.3) is 0 Å². The predicted molar refractivity (Wildman–Crippen MR) is 98.6 cm³/mol. The summed E-state index contributed by atoms with van der Waals surface area (Å²) in [6.45, 7) is 2.61. The molecule has 1 aliphatic heterocycles. The maximum Gasteiger partial charge on any atom is 0.265 e. The van der Waals surface area contributed by atoms with Crippen LogP contribution in [0.4, 0.5) is 15.8 Å². The topological polar surface area (TPSA) is 58.6 Å². The van der Waals surface area contributed by atoms with E-state index < -0.39 is 11.7 Å². The highest BCUT2D eigenvalue weighted by molar-refractivity contribution is 6.34. The number of hydrogen-bond donors (Lipinski definition) is 1. The Kier molecular flexibility index (Phi) is 5.42. The summed E-state index contributed by atoms with van der Waals surface area (Å²) in [5, 5.41) is 2.66. The minimum Gasteiger partial charge on any atom is -0.482 e. The number of carbonyl (C=O) groups is 2. The van der Waals surface area contributed by atoms with Gasteiger partial charge < -0.3 is 15.0 Å². The highest BCUT2D eigenvalue weighted by Gasteiger charge is 2.26. The van der Waals surface area contributed by atoms with Crippen LogP contribution in [0.15, 0.2) is 36.4 Å². The summed E-state index contributed by atoms with van der Waals surface area (Å²) in [6.07, 6.45) is 1.80. The van der Waals surface area contributed by atoms with Crippen LogP contribution in [0, 0.1) is 5.82 Å². The Hall–Kier alpha value is -2.60. The van der Waals surface area contributed by atoms with Gasteiger partial charge in [0, 0.05) is 12.2 Å². The van der Waals surface area contributed by atoms with Gasteiger partial charge in [0.15, 0.2) is 6.61 Å². The van der Waals surface area contributed by atoms with Gasteiger partial charge in [0.25, 0.3) is 11.8 Å². The van der Waals surface area contributed by atoms with Crippen LogP contribution in [0.2, 0.25) is 5.02 Å². The molecule has 2 aromatic rings. The van der Waals surface area contributed by atoms with Crippen molar-refractivity contribution in [2.45, 2.75) is 19.8 Å². The highest BCUT2D eigenvalue weighted by Crippen LogP contribution is 2.35. The minimum absolute atomic E-state index is 0.00669. The maximum atomic E-state index is 13.9. The quantitative estimate of drug-likeness (QED) is 0.848. The number of benzene rings is 2. The summed E-state index contributed by atoms with van der Waals surface area (Å²) < 4.78 is 19.4. The summed E-state index contributed by atoms with van der Waals surface area (Å²) in [5.74, 6) is -0.915. The van der Waals surface area contributed by atoms with E-state index in [1.54, 1.807) is 23.1 Å². The first-order valence-corrected chi connectivity index (χ1v) is 8.71. The normalized spacial score (nSPS) is 13.2. The fourth-order valence-electron chi connectivity index (χ4n) is 2.75. The molecule has 2 aromatic carbocycles. The van der Waals surface area contributed by atoms with Crippen LogP contribution >= 0.6 is 11.6 Å².